The number of hydrogen-bond acceptors (Lipinski definition) is 3. The average molecular weight is 348 g/mol. The minimum absolute atomic E-state index is 0.939. The van der Waals surface area contributed by atoms with E-state index in [1.807, 2.05) is 0 Å². The molecule has 2 aromatic heterocycles. The first-order valence-electron chi connectivity index (χ1n) is 9.60. The maximum absolute atomic E-state index is 5.00. The third kappa shape index (κ3) is 3.39. The second kappa shape index (κ2) is 7.22. The first kappa shape index (κ1) is 17.3. The molecule has 1 aromatic carbocycles. The molecule has 1 aliphatic heterocycles. The van der Waals surface area contributed by atoms with Crippen LogP contribution in [0.2, 0.25) is 0 Å². The molecular weight excluding hydrogens is 320 g/mol. The summed E-state index contributed by atoms with van der Waals surface area (Å²) in [7, 11) is 0. The average Bonchev–Trinajstić information content (AvgIpc) is 2.80. The lowest BCUT2D eigenvalue weighted by Crippen LogP contribution is -2.28. The van der Waals surface area contributed by atoms with Gasteiger partial charge in [-0.15, -0.1) is 0 Å². The topological polar surface area (TPSA) is 32.6 Å². The quantitative estimate of drug-likeness (QED) is 0.783. The number of nitrogens with zero attached hydrogens (tertiary/aromatic N) is 3. The molecule has 1 saturated heterocycles. The summed E-state index contributed by atoms with van der Waals surface area (Å²) in [5, 5.41) is 3.50. The van der Waals surface area contributed by atoms with Gasteiger partial charge in [0, 0.05) is 31.4 Å². The molecule has 0 bridgehead atoms. The Morgan fingerprint density at radius 3 is 2.73 bits per heavy atom. The lowest BCUT2D eigenvalue weighted by atomic mass is 10.0. The summed E-state index contributed by atoms with van der Waals surface area (Å²) in [6, 6.07) is 11.0. The maximum atomic E-state index is 5.00. The van der Waals surface area contributed by atoms with Gasteiger partial charge in [-0.1, -0.05) is 18.2 Å². The van der Waals surface area contributed by atoms with E-state index in [1.165, 1.54) is 34.4 Å². The van der Waals surface area contributed by atoms with Gasteiger partial charge in [-0.05, 0) is 69.1 Å². The molecule has 0 saturated carbocycles. The minimum atomic E-state index is 0.939. The van der Waals surface area contributed by atoms with E-state index in [0.29, 0.717) is 0 Å². The molecule has 4 nitrogen and oxygen atoms in total. The van der Waals surface area contributed by atoms with Gasteiger partial charge in [0.05, 0.1) is 11.4 Å². The smallest absolute Gasteiger partial charge is 0.137 e. The van der Waals surface area contributed by atoms with Gasteiger partial charge >= 0.3 is 0 Å². The van der Waals surface area contributed by atoms with Crippen LogP contribution in [0.1, 0.15) is 28.8 Å². The van der Waals surface area contributed by atoms with E-state index in [-0.39, 0.29) is 0 Å². The molecule has 3 aromatic rings. The van der Waals surface area contributed by atoms with Crippen LogP contribution >= 0.6 is 0 Å². The van der Waals surface area contributed by atoms with Crippen molar-refractivity contribution >= 4 is 5.65 Å². The summed E-state index contributed by atoms with van der Waals surface area (Å²) in [4.78, 5) is 7.56. The number of nitrogens with one attached hydrogen (secondary N) is 1. The van der Waals surface area contributed by atoms with Crippen LogP contribution in [0.5, 0.6) is 0 Å². The molecule has 4 rings (SSSR count). The molecule has 0 aliphatic carbocycles. The number of benzene rings is 1. The summed E-state index contributed by atoms with van der Waals surface area (Å²) < 4.78 is 2.29. The predicted molar refractivity (Wildman–Crippen MR) is 108 cm³/mol. The lowest BCUT2D eigenvalue weighted by Gasteiger charge is -2.20. The van der Waals surface area contributed by atoms with Gasteiger partial charge in [0.1, 0.15) is 5.65 Å². The van der Waals surface area contributed by atoms with Crippen molar-refractivity contribution in [2.45, 2.75) is 33.7 Å². The van der Waals surface area contributed by atoms with Crippen molar-refractivity contribution < 1.29 is 0 Å². The molecule has 0 spiro atoms. The van der Waals surface area contributed by atoms with Gasteiger partial charge in [-0.2, -0.15) is 0 Å². The van der Waals surface area contributed by atoms with Crippen LogP contribution < -0.4 is 5.32 Å². The summed E-state index contributed by atoms with van der Waals surface area (Å²) >= 11 is 0. The van der Waals surface area contributed by atoms with Crippen molar-refractivity contribution in [3.05, 3.63) is 58.9 Å². The molecule has 1 N–H and O–H groups in total. The number of imidazole rings is 1. The minimum Gasteiger partial charge on any atom is -0.315 e. The van der Waals surface area contributed by atoms with Crippen LogP contribution in [-0.4, -0.2) is 40.5 Å². The highest BCUT2D eigenvalue weighted by molar-refractivity contribution is 5.68. The largest absolute Gasteiger partial charge is 0.315 e. The van der Waals surface area contributed by atoms with Crippen LogP contribution in [0, 0.1) is 20.8 Å². The number of hydrogen-bond donors (Lipinski definition) is 1. The third-order valence-corrected chi connectivity index (χ3v) is 5.45. The fraction of sp³-hybridized carbons (Fsp3) is 0.409. The number of rotatable bonds is 3. The summed E-state index contributed by atoms with van der Waals surface area (Å²) in [6.45, 7) is 11.8. The van der Waals surface area contributed by atoms with Gasteiger partial charge in [0.15, 0.2) is 0 Å². The van der Waals surface area contributed by atoms with E-state index < -0.39 is 0 Å². The second-order valence-electron chi connectivity index (χ2n) is 7.52. The van der Waals surface area contributed by atoms with Crippen molar-refractivity contribution in [2.24, 2.45) is 0 Å². The Morgan fingerprint density at radius 2 is 1.88 bits per heavy atom. The highest BCUT2D eigenvalue weighted by atomic mass is 15.2. The van der Waals surface area contributed by atoms with Crippen molar-refractivity contribution in [2.75, 3.05) is 26.2 Å². The second-order valence-corrected chi connectivity index (χ2v) is 7.52. The van der Waals surface area contributed by atoms with Crippen LogP contribution in [0.3, 0.4) is 0 Å². The van der Waals surface area contributed by atoms with E-state index >= 15 is 0 Å². The lowest BCUT2D eigenvalue weighted by molar-refractivity contribution is 0.281. The van der Waals surface area contributed by atoms with Gasteiger partial charge in [0.25, 0.3) is 0 Å². The van der Waals surface area contributed by atoms with Gasteiger partial charge in [-0.3, -0.25) is 4.90 Å². The van der Waals surface area contributed by atoms with Crippen molar-refractivity contribution in [3.63, 3.8) is 0 Å². The van der Waals surface area contributed by atoms with E-state index in [9.17, 15) is 0 Å². The standard InChI is InChI=1S/C22H28N4/c1-16-5-8-21-24-22(19-7-6-17(2)18(3)13-19)20(26(21)14-16)15-25-11-4-9-23-10-12-25/h5-8,13-14,23H,4,9-12,15H2,1-3H3. The molecule has 136 valence electrons. The van der Waals surface area contributed by atoms with Crippen LogP contribution in [-0.2, 0) is 6.54 Å². The van der Waals surface area contributed by atoms with Gasteiger partial charge in [-0.25, -0.2) is 4.98 Å². The number of aromatic nitrogens is 2. The van der Waals surface area contributed by atoms with Crippen molar-refractivity contribution in [1.82, 2.24) is 19.6 Å². The molecule has 0 radical (unpaired) electrons. The third-order valence-electron chi connectivity index (χ3n) is 5.45. The Bertz CT molecular complexity index is 917. The molecule has 0 amide bonds. The summed E-state index contributed by atoms with van der Waals surface area (Å²) in [6.07, 6.45) is 3.42. The Balaban J connectivity index is 1.81. The first-order valence-corrected chi connectivity index (χ1v) is 9.60. The van der Waals surface area contributed by atoms with Crippen molar-refractivity contribution in [1.29, 1.82) is 0 Å². The zero-order valence-electron chi connectivity index (χ0n) is 16.0. The van der Waals surface area contributed by atoms with E-state index in [4.69, 9.17) is 4.98 Å². The van der Waals surface area contributed by atoms with Crippen molar-refractivity contribution in [3.8, 4) is 11.3 Å². The van der Waals surface area contributed by atoms with E-state index in [0.717, 1.165) is 44.1 Å². The molecule has 0 atom stereocenters. The summed E-state index contributed by atoms with van der Waals surface area (Å²) in [5.41, 5.74) is 8.59. The van der Waals surface area contributed by atoms with E-state index in [1.54, 1.807) is 0 Å². The Kier molecular flexibility index (Phi) is 4.79. The molecule has 26 heavy (non-hydrogen) atoms. The van der Waals surface area contributed by atoms with E-state index in [2.05, 4.69) is 71.9 Å². The Morgan fingerprint density at radius 1 is 1.00 bits per heavy atom. The van der Waals surface area contributed by atoms with Crippen LogP contribution in [0.15, 0.2) is 36.5 Å². The molecular formula is C22H28N4. The van der Waals surface area contributed by atoms with Gasteiger partial charge in [0.2, 0.25) is 0 Å². The predicted octanol–water partition coefficient (Wildman–Crippen LogP) is 3.72. The van der Waals surface area contributed by atoms with Crippen LogP contribution in [0.4, 0.5) is 0 Å². The fourth-order valence-electron chi connectivity index (χ4n) is 3.74. The first-order chi connectivity index (χ1) is 12.6. The monoisotopic (exact) mass is 348 g/mol. The summed E-state index contributed by atoms with van der Waals surface area (Å²) in [5.74, 6) is 0. The Hall–Kier alpha value is -2.17. The van der Waals surface area contributed by atoms with Crippen LogP contribution in [0.25, 0.3) is 16.9 Å². The highest BCUT2D eigenvalue weighted by Crippen LogP contribution is 2.28. The number of pyridine rings is 1. The normalized spacial score (nSPS) is 16.1. The molecule has 3 heterocycles. The molecule has 4 heteroatoms. The number of fused-ring (bicyclic) bond motifs is 1. The number of aryl methyl sites for hydroxylation is 3. The Labute approximate surface area is 155 Å². The van der Waals surface area contributed by atoms with Gasteiger partial charge < -0.3 is 9.72 Å². The molecule has 0 unspecified atom stereocenters. The zero-order valence-corrected chi connectivity index (χ0v) is 16.0. The zero-order chi connectivity index (χ0) is 18.1. The SMILES string of the molecule is Cc1ccc2nc(-c3ccc(C)c(C)c3)c(CN3CCCNCC3)n2c1. The maximum Gasteiger partial charge on any atom is 0.137 e. The molecule has 1 fully saturated rings. The molecule has 1 aliphatic rings. The highest BCUT2D eigenvalue weighted by Gasteiger charge is 2.18. The fourth-order valence-corrected chi connectivity index (χ4v) is 3.74.